The van der Waals surface area contributed by atoms with E-state index in [1.165, 1.54) is 22.6 Å². The number of nitrogens with zero attached hydrogens (tertiary/aromatic N) is 7. The first-order valence-electron chi connectivity index (χ1n) is 23.3. The third-order valence-corrected chi connectivity index (χ3v) is 12.8. The number of nitrogens with one attached hydrogen (secondary N) is 4. The second-order valence-corrected chi connectivity index (χ2v) is 17.5. The molecule has 16 nitrogen and oxygen atoms in total. The number of anilines is 2. The van der Waals surface area contributed by atoms with Gasteiger partial charge in [0.05, 0.1) is 17.8 Å². The molecule has 5 amide bonds. The molecule has 3 heterocycles. The van der Waals surface area contributed by atoms with Crippen molar-refractivity contribution in [2.45, 2.75) is 79.3 Å². The highest BCUT2D eigenvalue weighted by molar-refractivity contribution is 6.04. The molecule has 67 heavy (non-hydrogen) atoms. The van der Waals surface area contributed by atoms with Crippen molar-refractivity contribution in [1.82, 2.24) is 35.7 Å². The first-order valence-corrected chi connectivity index (χ1v) is 23.3. The predicted octanol–water partition coefficient (Wildman–Crippen LogP) is 7.24. The van der Waals surface area contributed by atoms with Gasteiger partial charge in [0.25, 0.3) is 5.91 Å². The number of hydrazone groups is 1. The van der Waals surface area contributed by atoms with Crippen LogP contribution in [-0.2, 0) is 16.1 Å². The number of carbonyl (C=O) groups is 5. The highest BCUT2D eigenvalue weighted by Gasteiger charge is 2.30. The van der Waals surface area contributed by atoms with E-state index in [9.17, 15) is 24.0 Å². The van der Waals surface area contributed by atoms with Crippen molar-refractivity contribution in [2.75, 3.05) is 56.5 Å². The molecule has 0 spiro atoms. The SMILES string of the molecule is C=NN1C(=NCc2ccccc2-c2nccc3cc(N4CCN(CC(CCC)CCNc5ccc(C(=O)N(C)C(CCC)C(=O)NC=O)c(C=O)c5)CC4)ccc23)NC(=O)N/C1=C(/C)C(C)C. The van der Waals surface area contributed by atoms with Crippen molar-refractivity contribution < 1.29 is 24.0 Å². The van der Waals surface area contributed by atoms with E-state index >= 15 is 0 Å². The Hall–Kier alpha value is -6.94. The van der Waals surface area contributed by atoms with Crippen molar-refractivity contribution in [1.29, 1.82) is 0 Å². The highest BCUT2D eigenvalue weighted by atomic mass is 16.2. The van der Waals surface area contributed by atoms with Crippen LogP contribution < -0.4 is 26.2 Å². The van der Waals surface area contributed by atoms with Gasteiger partial charge in [0.1, 0.15) is 11.9 Å². The maximum Gasteiger partial charge on any atom is 0.327 e. The number of hydrogen-bond donors (Lipinski definition) is 4. The molecule has 1 aromatic heterocycles. The van der Waals surface area contributed by atoms with Gasteiger partial charge < -0.3 is 15.1 Å². The summed E-state index contributed by atoms with van der Waals surface area (Å²) in [7, 11) is 1.51. The zero-order valence-electron chi connectivity index (χ0n) is 39.7. The number of pyridine rings is 1. The zero-order chi connectivity index (χ0) is 48.0. The number of aldehydes is 1. The van der Waals surface area contributed by atoms with Crippen LogP contribution in [0.3, 0.4) is 0 Å². The molecule has 4 N–H and O–H groups in total. The number of likely N-dealkylation sites (N-methyl/N-ethyl adjacent to an activating group) is 1. The maximum atomic E-state index is 13.4. The highest BCUT2D eigenvalue weighted by Crippen LogP contribution is 2.33. The van der Waals surface area contributed by atoms with E-state index in [1.807, 2.05) is 38.2 Å². The fourth-order valence-corrected chi connectivity index (χ4v) is 8.80. The monoisotopic (exact) mass is 912 g/mol. The van der Waals surface area contributed by atoms with E-state index in [2.05, 4.69) is 94.0 Å². The number of benzene rings is 3. The first-order chi connectivity index (χ1) is 32.4. The third-order valence-electron chi connectivity index (χ3n) is 12.8. The first kappa shape index (κ1) is 49.5. The van der Waals surface area contributed by atoms with Gasteiger partial charge in [0.15, 0.2) is 6.29 Å². The number of aliphatic imine (C=N–C) groups is 1. The summed E-state index contributed by atoms with van der Waals surface area (Å²) in [4.78, 5) is 77.6. The summed E-state index contributed by atoms with van der Waals surface area (Å²) < 4.78 is 0. The Morgan fingerprint density at radius 3 is 2.42 bits per heavy atom. The van der Waals surface area contributed by atoms with Crippen LogP contribution in [0, 0.1) is 11.8 Å². The molecule has 0 radical (unpaired) electrons. The number of imide groups is 1. The zero-order valence-corrected chi connectivity index (χ0v) is 39.7. The molecule has 6 rings (SSSR count). The number of aromatic nitrogens is 1. The minimum atomic E-state index is -0.832. The van der Waals surface area contributed by atoms with Crippen molar-refractivity contribution in [3.8, 4) is 11.3 Å². The van der Waals surface area contributed by atoms with Gasteiger partial charge in [0.2, 0.25) is 18.3 Å². The molecule has 2 fully saturated rings. The van der Waals surface area contributed by atoms with Gasteiger partial charge in [0, 0.05) is 87.1 Å². The van der Waals surface area contributed by atoms with E-state index in [1.54, 1.807) is 18.2 Å². The number of rotatable bonds is 21. The molecule has 3 aromatic carbocycles. The Morgan fingerprint density at radius 1 is 0.955 bits per heavy atom. The Morgan fingerprint density at radius 2 is 1.72 bits per heavy atom. The van der Waals surface area contributed by atoms with Crippen LogP contribution in [-0.4, -0.2) is 115 Å². The largest absolute Gasteiger partial charge is 0.385 e. The van der Waals surface area contributed by atoms with Crippen LogP contribution in [0.2, 0.25) is 0 Å². The van der Waals surface area contributed by atoms with Crippen molar-refractivity contribution in [3.05, 3.63) is 101 Å². The molecule has 2 aliphatic rings. The number of fused-ring (bicyclic) bond motifs is 1. The average molecular weight is 912 g/mol. The molecule has 2 unspecified atom stereocenters. The lowest BCUT2D eigenvalue weighted by Gasteiger charge is -2.38. The fourth-order valence-electron chi connectivity index (χ4n) is 8.80. The summed E-state index contributed by atoms with van der Waals surface area (Å²) in [5.74, 6) is 0.509. The van der Waals surface area contributed by atoms with Gasteiger partial charge in [-0.25, -0.2) is 9.79 Å². The smallest absolute Gasteiger partial charge is 0.327 e. The molecule has 16 heteroatoms. The summed E-state index contributed by atoms with van der Waals surface area (Å²) >= 11 is 0. The molecule has 4 aromatic rings. The van der Waals surface area contributed by atoms with Gasteiger partial charge in [-0.2, -0.15) is 10.1 Å². The second-order valence-electron chi connectivity index (χ2n) is 17.5. The van der Waals surface area contributed by atoms with Crippen LogP contribution in [0.1, 0.15) is 93.0 Å². The van der Waals surface area contributed by atoms with Gasteiger partial charge in [-0.05, 0) is 90.9 Å². The molecule has 0 saturated carbocycles. The lowest BCUT2D eigenvalue weighted by molar-refractivity contribution is -0.128. The number of piperazine rings is 1. The van der Waals surface area contributed by atoms with E-state index in [4.69, 9.17) is 9.98 Å². The number of allylic oxidation sites excluding steroid dienone is 1. The Balaban J connectivity index is 1.06. The van der Waals surface area contributed by atoms with Crippen LogP contribution in [0.4, 0.5) is 16.2 Å². The van der Waals surface area contributed by atoms with E-state index in [-0.39, 0.29) is 29.6 Å². The molecule has 2 atom stereocenters. The number of urea groups is 1. The minimum Gasteiger partial charge on any atom is -0.385 e. The molecule has 354 valence electrons. The number of carbonyl (C=O) groups excluding carboxylic acids is 5. The molecule has 0 bridgehead atoms. The van der Waals surface area contributed by atoms with Crippen LogP contribution in [0.15, 0.2) is 94.4 Å². The maximum absolute atomic E-state index is 13.4. The van der Waals surface area contributed by atoms with Crippen molar-refractivity contribution in [2.24, 2.45) is 21.9 Å². The molecule has 0 aliphatic carbocycles. The number of guanidine groups is 1. The number of amides is 5. The lowest BCUT2D eigenvalue weighted by Crippen LogP contribution is -2.55. The minimum absolute atomic E-state index is 0.183. The van der Waals surface area contributed by atoms with E-state index in [0.29, 0.717) is 49.8 Å². The summed E-state index contributed by atoms with van der Waals surface area (Å²) in [5.41, 5.74) is 6.11. The van der Waals surface area contributed by atoms with E-state index in [0.717, 1.165) is 90.8 Å². The van der Waals surface area contributed by atoms with Crippen LogP contribution >= 0.6 is 0 Å². The average Bonchev–Trinajstić information content (AvgIpc) is 3.34. The topological polar surface area (TPSA) is 184 Å². The standard InChI is InChI=1S/C51H65N11O5/c1-8-12-36(20-22-53-40-16-18-44(39(28-40)32-63)49(66)59(7)45(13-9-2)48(65)56-33-64)31-60-24-26-61(27-25-60)41-17-19-43-37(29-41)21-23-54-46(43)42-15-11-10-14-38(42)30-55-50-58-51(67)57-47(62(50)52-6)35(5)34(3)4/h10-11,14-19,21,23,28-29,32-34,36,45,53H,6,8-9,12-13,20,22,24-27,30-31H2,1-5,7H3,(H,56,64,65)(H2,55,57,58,67)/b47-35+. The van der Waals surface area contributed by atoms with Gasteiger partial charge in [-0.1, -0.05) is 70.9 Å². The van der Waals surface area contributed by atoms with Gasteiger partial charge in [-0.3, -0.25) is 45.0 Å². The molecule has 2 saturated heterocycles. The summed E-state index contributed by atoms with van der Waals surface area (Å²) in [6.07, 6.45) is 6.97. The summed E-state index contributed by atoms with van der Waals surface area (Å²) in [6.45, 7) is 19.6. The molecular formula is C51H65N11O5. The summed E-state index contributed by atoms with van der Waals surface area (Å²) in [5, 5.41) is 19.1. The second kappa shape index (κ2) is 23.5. The van der Waals surface area contributed by atoms with E-state index < -0.39 is 17.9 Å². The van der Waals surface area contributed by atoms with Crippen LogP contribution in [0.25, 0.3) is 22.0 Å². The lowest BCUT2D eigenvalue weighted by atomic mass is 9.98. The van der Waals surface area contributed by atoms with Crippen molar-refractivity contribution >= 4 is 65.4 Å². The third kappa shape index (κ3) is 12.1. The van der Waals surface area contributed by atoms with Gasteiger partial charge in [-0.15, -0.1) is 0 Å². The van der Waals surface area contributed by atoms with Crippen molar-refractivity contribution in [3.63, 3.8) is 0 Å². The Kier molecular flexibility index (Phi) is 17.4. The number of hydrogen-bond acceptors (Lipinski definition) is 11. The Bertz CT molecular complexity index is 2500. The normalized spacial score (nSPS) is 16.5. The van der Waals surface area contributed by atoms with Crippen LogP contribution in [0.5, 0.6) is 0 Å². The quantitative estimate of drug-likeness (QED) is 0.0491. The Labute approximate surface area is 394 Å². The molecule has 2 aliphatic heterocycles. The van der Waals surface area contributed by atoms with Gasteiger partial charge >= 0.3 is 6.03 Å². The molecular weight excluding hydrogens is 847 g/mol. The summed E-state index contributed by atoms with van der Waals surface area (Å²) in [6, 6.07) is 20.6. The fraction of sp³-hybridized carbons (Fsp3) is 0.412. The predicted molar refractivity (Wildman–Crippen MR) is 266 cm³/mol.